The summed E-state index contributed by atoms with van der Waals surface area (Å²) in [5.41, 5.74) is 0. The first kappa shape index (κ1) is 13.0. The van der Waals surface area contributed by atoms with Crippen molar-refractivity contribution in [2.24, 2.45) is 0 Å². The van der Waals surface area contributed by atoms with Crippen molar-refractivity contribution < 1.29 is 0 Å². The predicted octanol–water partition coefficient (Wildman–Crippen LogP) is 4.83. The molecule has 0 radical (unpaired) electrons. The fraction of sp³-hybridized carbons (Fsp3) is 0.429. The monoisotopic (exact) mass is 190 g/mol. The van der Waals surface area contributed by atoms with Crippen LogP contribution >= 0.6 is 0 Å². The lowest BCUT2D eigenvalue weighted by Gasteiger charge is -1.97. The summed E-state index contributed by atoms with van der Waals surface area (Å²) in [4.78, 5) is 0. The van der Waals surface area contributed by atoms with Gasteiger partial charge in [-0.15, -0.1) is 0 Å². The van der Waals surface area contributed by atoms with Crippen LogP contribution in [0.1, 0.15) is 39.5 Å². The zero-order valence-corrected chi connectivity index (χ0v) is 9.45. The smallest absolute Gasteiger partial charge is 0.0351 e. The van der Waals surface area contributed by atoms with Crippen molar-refractivity contribution in [3.63, 3.8) is 0 Å². The van der Waals surface area contributed by atoms with Gasteiger partial charge in [-0.1, -0.05) is 62.4 Å². The van der Waals surface area contributed by atoms with Gasteiger partial charge in [-0.05, 0) is 25.7 Å². The molecule has 1 aliphatic rings. The van der Waals surface area contributed by atoms with Crippen molar-refractivity contribution in [2.75, 3.05) is 0 Å². The van der Waals surface area contributed by atoms with E-state index < -0.39 is 0 Å². The lowest BCUT2D eigenvalue weighted by atomic mass is 10.1. The molecular formula is C14H22. The van der Waals surface area contributed by atoms with E-state index in [1.54, 1.807) is 0 Å². The summed E-state index contributed by atoms with van der Waals surface area (Å²) in [5.74, 6) is 0. The molecule has 0 unspecified atom stereocenters. The molecule has 0 aromatic heterocycles. The van der Waals surface area contributed by atoms with Gasteiger partial charge in [0.25, 0.3) is 0 Å². The highest BCUT2D eigenvalue weighted by Crippen LogP contribution is 2.07. The predicted molar refractivity (Wildman–Crippen MR) is 65.4 cm³/mol. The average molecular weight is 190 g/mol. The molecule has 0 saturated heterocycles. The van der Waals surface area contributed by atoms with Crippen LogP contribution < -0.4 is 0 Å². The topological polar surface area (TPSA) is 0 Å². The molecule has 0 heteroatoms. The Morgan fingerprint density at radius 1 is 0.571 bits per heavy atom. The first-order valence-electron chi connectivity index (χ1n) is 5.65. The molecule has 0 fully saturated rings. The minimum Gasteiger partial charge on any atom is -0.0885 e. The molecule has 0 aliphatic heterocycles. The summed E-state index contributed by atoms with van der Waals surface area (Å²) in [6.07, 6.45) is 10.0. The molecule has 2 rings (SSSR count). The van der Waals surface area contributed by atoms with Crippen molar-refractivity contribution in [3.05, 3.63) is 48.6 Å². The fourth-order valence-electron chi connectivity index (χ4n) is 1.14. The molecule has 0 nitrogen and oxygen atoms in total. The molecule has 14 heavy (non-hydrogen) atoms. The average Bonchev–Trinajstić information content (AvgIpc) is 2.37. The molecule has 78 valence electrons. The highest BCUT2D eigenvalue weighted by molar-refractivity contribution is 4.99. The zero-order chi connectivity index (χ0) is 10.5. The van der Waals surface area contributed by atoms with Crippen molar-refractivity contribution in [1.29, 1.82) is 0 Å². The van der Waals surface area contributed by atoms with E-state index in [2.05, 4.69) is 12.2 Å². The van der Waals surface area contributed by atoms with Crippen LogP contribution in [0.3, 0.4) is 0 Å². The van der Waals surface area contributed by atoms with E-state index in [0.717, 1.165) is 0 Å². The standard InChI is InChI=1S/C6H10.C6H6.C2H6/c2*1-2-4-6-5-3-1;1-2/h1-2H,3-6H2;1-6H;1-2H3. The van der Waals surface area contributed by atoms with Crippen molar-refractivity contribution >= 4 is 0 Å². The normalized spacial score (nSPS) is 13.0. The first-order chi connectivity index (χ1) is 7.00. The summed E-state index contributed by atoms with van der Waals surface area (Å²) in [7, 11) is 0. The van der Waals surface area contributed by atoms with Gasteiger partial charge in [0.1, 0.15) is 0 Å². The second-order valence-corrected chi connectivity index (χ2v) is 2.91. The van der Waals surface area contributed by atoms with Crippen LogP contribution in [0.5, 0.6) is 0 Å². The largest absolute Gasteiger partial charge is 0.0885 e. The van der Waals surface area contributed by atoms with Crippen molar-refractivity contribution in [2.45, 2.75) is 39.5 Å². The van der Waals surface area contributed by atoms with Crippen molar-refractivity contribution in [1.82, 2.24) is 0 Å². The molecule has 0 atom stereocenters. The number of hydrogen-bond acceptors (Lipinski definition) is 0. The maximum Gasteiger partial charge on any atom is -0.0351 e. The molecule has 1 aromatic rings. The van der Waals surface area contributed by atoms with Crippen LogP contribution in [-0.4, -0.2) is 0 Å². The third-order valence-electron chi connectivity index (χ3n) is 1.82. The van der Waals surface area contributed by atoms with Crippen LogP contribution in [0, 0.1) is 0 Å². The quantitative estimate of drug-likeness (QED) is 0.514. The summed E-state index contributed by atoms with van der Waals surface area (Å²) >= 11 is 0. The van der Waals surface area contributed by atoms with Crippen LogP contribution in [0.4, 0.5) is 0 Å². The van der Waals surface area contributed by atoms with E-state index in [-0.39, 0.29) is 0 Å². The molecular weight excluding hydrogens is 168 g/mol. The van der Waals surface area contributed by atoms with Gasteiger partial charge >= 0.3 is 0 Å². The van der Waals surface area contributed by atoms with E-state index in [1.807, 2.05) is 50.2 Å². The maximum absolute atomic E-state index is 2.27. The Kier molecular flexibility index (Phi) is 11.1. The Hall–Kier alpha value is -1.04. The molecule has 1 aromatic carbocycles. The molecule has 0 saturated carbocycles. The Bertz CT molecular complexity index is 164. The van der Waals surface area contributed by atoms with Gasteiger partial charge in [-0.3, -0.25) is 0 Å². The van der Waals surface area contributed by atoms with Crippen LogP contribution in [0.15, 0.2) is 48.6 Å². The number of hydrogen-bond donors (Lipinski definition) is 0. The van der Waals surface area contributed by atoms with E-state index in [1.165, 1.54) is 25.7 Å². The van der Waals surface area contributed by atoms with Crippen LogP contribution in [-0.2, 0) is 0 Å². The van der Waals surface area contributed by atoms with Crippen molar-refractivity contribution in [3.8, 4) is 0 Å². The summed E-state index contributed by atoms with van der Waals surface area (Å²) in [6, 6.07) is 12.0. The molecule has 0 N–H and O–H groups in total. The second-order valence-electron chi connectivity index (χ2n) is 2.91. The Morgan fingerprint density at radius 3 is 1.00 bits per heavy atom. The lowest BCUT2D eigenvalue weighted by Crippen LogP contribution is -1.77. The van der Waals surface area contributed by atoms with Gasteiger partial charge in [-0.2, -0.15) is 0 Å². The summed E-state index contributed by atoms with van der Waals surface area (Å²) < 4.78 is 0. The SMILES string of the molecule is C1=CCCCC1.CC.c1ccccc1. The molecule has 0 amide bonds. The summed E-state index contributed by atoms with van der Waals surface area (Å²) in [5, 5.41) is 0. The Labute approximate surface area is 88.7 Å². The zero-order valence-electron chi connectivity index (χ0n) is 9.45. The first-order valence-corrected chi connectivity index (χ1v) is 5.65. The van der Waals surface area contributed by atoms with E-state index in [9.17, 15) is 0 Å². The number of rotatable bonds is 0. The van der Waals surface area contributed by atoms with Crippen LogP contribution in [0.25, 0.3) is 0 Å². The highest BCUT2D eigenvalue weighted by atomic mass is 13.9. The Morgan fingerprint density at radius 2 is 0.857 bits per heavy atom. The van der Waals surface area contributed by atoms with Gasteiger partial charge < -0.3 is 0 Å². The van der Waals surface area contributed by atoms with E-state index in [0.29, 0.717) is 0 Å². The van der Waals surface area contributed by atoms with Gasteiger partial charge in [0, 0.05) is 0 Å². The highest BCUT2D eigenvalue weighted by Gasteiger charge is 1.87. The lowest BCUT2D eigenvalue weighted by molar-refractivity contribution is 0.730. The van der Waals surface area contributed by atoms with Gasteiger partial charge in [0.2, 0.25) is 0 Å². The van der Waals surface area contributed by atoms with Crippen LogP contribution in [0.2, 0.25) is 0 Å². The van der Waals surface area contributed by atoms with E-state index >= 15 is 0 Å². The van der Waals surface area contributed by atoms with Gasteiger partial charge in [0.05, 0.1) is 0 Å². The molecule has 0 bridgehead atoms. The minimum absolute atomic E-state index is 1.32. The second kappa shape index (κ2) is 12.0. The van der Waals surface area contributed by atoms with Gasteiger partial charge in [0.15, 0.2) is 0 Å². The number of allylic oxidation sites excluding steroid dienone is 2. The molecule has 0 spiro atoms. The van der Waals surface area contributed by atoms with Gasteiger partial charge in [-0.25, -0.2) is 0 Å². The minimum atomic E-state index is 1.32. The molecule has 0 heterocycles. The third kappa shape index (κ3) is 9.05. The number of benzene rings is 1. The Balaban J connectivity index is 0.000000206. The maximum atomic E-state index is 2.27. The third-order valence-corrected chi connectivity index (χ3v) is 1.82. The fourth-order valence-corrected chi connectivity index (χ4v) is 1.14. The molecule has 1 aliphatic carbocycles. The summed E-state index contributed by atoms with van der Waals surface area (Å²) in [6.45, 7) is 4.00. The van der Waals surface area contributed by atoms with E-state index in [4.69, 9.17) is 0 Å².